The lowest BCUT2D eigenvalue weighted by atomic mass is 10.0. The van der Waals surface area contributed by atoms with Gasteiger partial charge in [-0.1, -0.05) is 36.7 Å². The number of nitrogens with one attached hydrogen (secondary N) is 1. The molecule has 7 heteroatoms. The Bertz CT molecular complexity index is 899. The Morgan fingerprint density at radius 3 is 2.53 bits per heavy atom. The Morgan fingerprint density at radius 2 is 1.88 bits per heavy atom. The molecule has 1 aliphatic heterocycles. The van der Waals surface area contributed by atoms with Crippen LogP contribution in [0.2, 0.25) is 5.02 Å². The highest BCUT2D eigenvalue weighted by molar-refractivity contribution is 6.30. The van der Waals surface area contributed by atoms with Gasteiger partial charge in [-0.2, -0.15) is 0 Å². The molecule has 2 aromatic rings. The van der Waals surface area contributed by atoms with Gasteiger partial charge in [-0.15, -0.1) is 0 Å². The fourth-order valence-corrected chi connectivity index (χ4v) is 4.33. The van der Waals surface area contributed by atoms with Crippen LogP contribution < -0.4 is 10.1 Å². The van der Waals surface area contributed by atoms with E-state index in [9.17, 15) is 9.59 Å². The molecule has 1 saturated heterocycles. The molecule has 2 aromatic carbocycles. The van der Waals surface area contributed by atoms with Crippen LogP contribution in [0.1, 0.15) is 43.0 Å². The fraction of sp³-hybridized carbons (Fsp3) is 0.440. The molecule has 1 aliphatic rings. The maximum Gasteiger partial charge on any atom is 0.253 e. The van der Waals surface area contributed by atoms with Gasteiger partial charge in [-0.05, 0) is 49.6 Å². The van der Waals surface area contributed by atoms with Crippen molar-refractivity contribution in [1.29, 1.82) is 0 Å². The third-order valence-corrected chi connectivity index (χ3v) is 6.05. The van der Waals surface area contributed by atoms with E-state index in [0.29, 0.717) is 36.8 Å². The van der Waals surface area contributed by atoms with Gasteiger partial charge in [0.1, 0.15) is 5.75 Å². The van der Waals surface area contributed by atoms with Crippen molar-refractivity contribution in [2.75, 3.05) is 38.6 Å². The van der Waals surface area contributed by atoms with Crippen LogP contribution in [0.25, 0.3) is 0 Å². The standard InChI is InChI=1S/C25H32ClN3O3/c1-3-15-29(24(30)11-14-27-22-18-20(26)9-10-23(22)32-2)21-12-16-28(17-13-21)25(31)19-7-5-4-6-8-19/h4-10,18,21,27H,3,11-17H2,1-2H3. The molecule has 1 N–H and O–H groups in total. The highest BCUT2D eigenvalue weighted by Gasteiger charge is 2.29. The van der Waals surface area contributed by atoms with Crippen molar-refractivity contribution in [3.8, 4) is 5.75 Å². The Morgan fingerprint density at radius 1 is 1.16 bits per heavy atom. The number of amides is 2. The maximum atomic E-state index is 13.0. The molecule has 6 nitrogen and oxygen atoms in total. The molecular formula is C25H32ClN3O3. The highest BCUT2D eigenvalue weighted by atomic mass is 35.5. The number of nitrogens with zero attached hydrogens (tertiary/aromatic N) is 2. The fourth-order valence-electron chi connectivity index (χ4n) is 4.16. The molecule has 0 bridgehead atoms. The number of ether oxygens (including phenoxy) is 1. The number of halogens is 1. The number of hydrogen-bond donors (Lipinski definition) is 1. The summed E-state index contributed by atoms with van der Waals surface area (Å²) in [6, 6.07) is 14.9. The van der Waals surface area contributed by atoms with Crippen LogP contribution >= 0.6 is 11.6 Å². The van der Waals surface area contributed by atoms with Gasteiger partial charge in [-0.25, -0.2) is 0 Å². The molecule has 0 saturated carbocycles. The Kier molecular flexibility index (Phi) is 8.80. The number of carbonyl (C=O) groups is 2. The van der Waals surface area contributed by atoms with Gasteiger partial charge in [-0.3, -0.25) is 9.59 Å². The van der Waals surface area contributed by atoms with Gasteiger partial charge in [0.2, 0.25) is 5.91 Å². The largest absolute Gasteiger partial charge is 0.495 e. The minimum atomic E-state index is 0.0667. The third-order valence-electron chi connectivity index (χ3n) is 5.81. The minimum Gasteiger partial charge on any atom is -0.495 e. The molecule has 172 valence electrons. The number of carbonyl (C=O) groups excluding carboxylic acids is 2. The molecule has 0 aliphatic carbocycles. The van der Waals surface area contributed by atoms with Gasteiger partial charge in [0.25, 0.3) is 5.91 Å². The van der Waals surface area contributed by atoms with Crippen molar-refractivity contribution in [2.45, 2.75) is 38.6 Å². The van der Waals surface area contributed by atoms with E-state index in [0.717, 1.165) is 37.1 Å². The van der Waals surface area contributed by atoms with Gasteiger partial charge >= 0.3 is 0 Å². The summed E-state index contributed by atoms with van der Waals surface area (Å²) in [5, 5.41) is 3.88. The summed E-state index contributed by atoms with van der Waals surface area (Å²) in [5.41, 5.74) is 1.50. The normalized spacial score (nSPS) is 14.2. The number of hydrogen-bond acceptors (Lipinski definition) is 4. The van der Waals surface area contributed by atoms with Crippen molar-refractivity contribution in [2.24, 2.45) is 0 Å². The summed E-state index contributed by atoms with van der Waals surface area (Å²) < 4.78 is 5.35. The molecule has 2 amide bonds. The SMILES string of the molecule is CCCN(C(=O)CCNc1cc(Cl)ccc1OC)C1CCN(C(=O)c2ccccc2)CC1. The van der Waals surface area contributed by atoms with Crippen molar-refractivity contribution in [3.05, 3.63) is 59.1 Å². The first-order valence-corrected chi connectivity index (χ1v) is 11.6. The third kappa shape index (κ3) is 6.16. The highest BCUT2D eigenvalue weighted by Crippen LogP contribution is 2.27. The second kappa shape index (κ2) is 11.8. The van der Waals surface area contributed by atoms with E-state index in [1.54, 1.807) is 25.3 Å². The summed E-state index contributed by atoms with van der Waals surface area (Å²) >= 11 is 6.08. The lowest BCUT2D eigenvalue weighted by Gasteiger charge is -2.38. The number of benzene rings is 2. The molecule has 0 unspecified atom stereocenters. The molecule has 3 rings (SSSR count). The van der Waals surface area contributed by atoms with Gasteiger partial charge in [0.15, 0.2) is 0 Å². The van der Waals surface area contributed by atoms with Gasteiger partial charge in [0, 0.05) is 49.2 Å². The first-order chi connectivity index (χ1) is 15.5. The van der Waals surface area contributed by atoms with Crippen LogP contribution in [0.5, 0.6) is 5.75 Å². The smallest absolute Gasteiger partial charge is 0.253 e. The molecule has 0 atom stereocenters. The van der Waals surface area contributed by atoms with Crippen LogP contribution in [-0.4, -0.2) is 60.9 Å². The molecular weight excluding hydrogens is 426 g/mol. The number of anilines is 1. The second-order valence-electron chi connectivity index (χ2n) is 8.00. The van der Waals surface area contributed by atoms with Crippen molar-refractivity contribution >= 4 is 29.1 Å². The first kappa shape index (κ1) is 23.9. The Labute approximate surface area is 195 Å². The predicted molar refractivity (Wildman–Crippen MR) is 128 cm³/mol. The summed E-state index contributed by atoms with van der Waals surface area (Å²) in [5.74, 6) is 0.896. The topological polar surface area (TPSA) is 61.9 Å². The van der Waals surface area contributed by atoms with E-state index in [4.69, 9.17) is 16.3 Å². The van der Waals surface area contributed by atoms with Crippen molar-refractivity contribution in [1.82, 2.24) is 9.80 Å². The molecule has 32 heavy (non-hydrogen) atoms. The molecule has 0 aromatic heterocycles. The molecule has 1 fully saturated rings. The predicted octanol–water partition coefficient (Wildman–Crippen LogP) is 4.69. The quantitative estimate of drug-likeness (QED) is 0.593. The maximum absolute atomic E-state index is 13.0. The zero-order valence-corrected chi connectivity index (χ0v) is 19.6. The van der Waals surface area contributed by atoms with Crippen molar-refractivity contribution < 1.29 is 14.3 Å². The van der Waals surface area contributed by atoms with E-state index in [1.165, 1.54) is 0 Å². The Hall–Kier alpha value is -2.73. The average molecular weight is 458 g/mol. The van der Waals surface area contributed by atoms with Crippen molar-refractivity contribution in [3.63, 3.8) is 0 Å². The van der Waals surface area contributed by atoms with Crippen LogP contribution in [0.3, 0.4) is 0 Å². The van der Waals surface area contributed by atoms with Gasteiger partial charge < -0.3 is 19.9 Å². The van der Waals surface area contributed by atoms with E-state index in [-0.39, 0.29) is 17.9 Å². The van der Waals surface area contributed by atoms with E-state index in [1.807, 2.05) is 40.1 Å². The zero-order valence-electron chi connectivity index (χ0n) is 18.9. The van der Waals surface area contributed by atoms with E-state index in [2.05, 4.69) is 12.2 Å². The molecule has 0 radical (unpaired) electrons. The lowest BCUT2D eigenvalue weighted by Crippen LogP contribution is -2.49. The van der Waals surface area contributed by atoms with Crippen LogP contribution in [-0.2, 0) is 4.79 Å². The number of rotatable bonds is 9. The number of methoxy groups -OCH3 is 1. The summed E-state index contributed by atoms with van der Waals surface area (Å²) in [4.78, 5) is 29.6. The van der Waals surface area contributed by atoms with E-state index >= 15 is 0 Å². The minimum absolute atomic E-state index is 0.0667. The number of likely N-dealkylation sites (tertiary alicyclic amines) is 1. The summed E-state index contributed by atoms with van der Waals surface area (Å²) in [7, 11) is 1.61. The van der Waals surface area contributed by atoms with Gasteiger partial charge in [0.05, 0.1) is 12.8 Å². The first-order valence-electron chi connectivity index (χ1n) is 11.2. The van der Waals surface area contributed by atoms with Crippen LogP contribution in [0.4, 0.5) is 5.69 Å². The lowest BCUT2D eigenvalue weighted by molar-refractivity contribution is -0.134. The second-order valence-corrected chi connectivity index (χ2v) is 8.43. The Balaban J connectivity index is 1.53. The average Bonchev–Trinajstić information content (AvgIpc) is 2.83. The molecule has 1 heterocycles. The summed E-state index contributed by atoms with van der Waals surface area (Å²) in [6.07, 6.45) is 2.91. The van der Waals surface area contributed by atoms with E-state index < -0.39 is 0 Å². The zero-order chi connectivity index (χ0) is 22.9. The van der Waals surface area contributed by atoms with Crippen LogP contribution in [0, 0.1) is 0 Å². The van der Waals surface area contributed by atoms with Crippen LogP contribution in [0.15, 0.2) is 48.5 Å². The summed E-state index contributed by atoms with van der Waals surface area (Å²) in [6.45, 7) is 4.66. The number of piperidine rings is 1. The molecule has 0 spiro atoms. The monoisotopic (exact) mass is 457 g/mol.